The molecule has 106 valence electrons. The molecule has 1 atom stereocenters. The summed E-state index contributed by atoms with van der Waals surface area (Å²) in [6, 6.07) is 1.78. The Morgan fingerprint density at radius 2 is 2.05 bits per heavy atom. The predicted molar refractivity (Wildman–Crippen MR) is 82.3 cm³/mol. The molecule has 1 saturated heterocycles. The SMILES string of the molecule is CC1(C)C(=O)NCC2=CCC(Br)C=C21.c1cncnc1. The maximum absolute atomic E-state index is 11.7. The number of fused-ring (bicyclic) bond motifs is 1. The summed E-state index contributed by atoms with van der Waals surface area (Å²) in [4.78, 5) is 19.4. The van der Waals surface area contributed by atoms with Crippen LogP contribution in [0.1, 0.15) is 20.3 Å². The fourth-order valence-electron chi connectivity index (χ4n) is 2.27. The van der Waals surface area contributed by atoms with Gasteiger partial charge in [0.25, 0.3) is 0 Å². The second kappa shape index (κ2) is 6.31. The molecule has 3 rings (SSSR count). The highest BCUT2D eigenvalue weighted by Crippen LogP contribution is 2.38. The van der Waals surface area contributed by atoms with Crippen molar-refractivity contribution in [2.75, 3.05) is 6.54 Å². The van der Waals surface area contributed by atoms with Crippen molar-refractivity contribution in [1.82, 2.24) is 15.3 Å². The zero-order valence-electron chi connectivity index (χ0n) is 11.6. The van der Waals surface area contributed by atoms with Crippen LogP contribution in [0.3, 0.4) is 0 Å². The summed E-state index contributed by atoms with van der Waals surface area (Å²) in [5.74, 6) is 0.127. The minimum Gasteiger partial charge on any atom is -0.351 e. The number of halogens is 1. The third-order valence-corrected chi connectivity index (χ3v) is 4.08. The van der Waals surface area contributed by atoms with Gasteiger partial charge in [0, 0.05) is 23.8 Å². The number of rotatable bonds is 0. The molecule has 1 unspecified atom stereocenters. The molecule has 2 heterocycles. The first-order valence-corrected chi connectivity index (χ1v) is 7.47. The first-order valence-electron chi connectivity index (χ1n) is 6.56. The number of hydrogen-bond acceptors (Lipinski definition) is 3. The molecule has 1 fully saturated rings. The Balaban J connectivity index is 0.000000205. The number of carbonyl (C=O) groups excluding carboxylic acids is 1. The predicted octanol–water partition coefficient (Wildman–Crippen LogP) is 2.64. The zero-order chi connectivity index (χ0) is 14.6. The standard InChI is InChI=1S/C11H14BrNO.C4H4N2/c1-11(2)9-5-8(12)4-3-7(9)6-13-10(11)14;1-2-5-4-6-3-1/h3,5,8H,4,6H2,1-2H3,(H,13,14);1-4H. The first-order chi connectivity index (χ1) is 9.51. The smallest absolute Gasteiger partial charge is 0.230 e. The molecular formula is C15H18BrN3O. The number of alkyl halides is 1. The number of carbonyl (C=O) groups is 1. The van der Waals surface area contributed by atoms with Gasteiger partial charge in [-0.2, -0.15) is 0 Å². The highest BCUT2D eigenvalue weighted by Gasteiger charge is 2.38. The lowest BCUT2D eigenvalue weighted by molar-refractivity contribution is -0.128. The van der Waals surface area contributed by atoms with Crippen LogP contribution < -0.4 is 5.32 Å². The van der Waals surface area contributed by atoms with Gasteiger partial charge < -0.3 is 5.32 Å². The van der Waals surface area contributed by atoms with Crippen molar-refractivity contribution < 1.29 is 4.79 Å². The molecule has 0 radical (unpaired) electrons. The minimum atomic E-state index is -0.378. The van der Waals surface area contributed by atoms with Crippen LogP contribution in [0.25, 0.3) is 0 Å². The average molecular weight is 336 g/mol. The number of aromatic nitrogens is 2. The van der Waals surface area contributed by atoms with Crippen molar-refractivity contribution >= 4 is 21.8 Å². The van der Waals surface area contributed by atoms with Crippen LogP contribution in [0.2, 0.25) is 0 Å². The van der Waals surface area contributed by atoms with Crippen LogP contribution in [0.5, 0.6) is 0 Å². The normalized spacial score (nSPS) is 23.4. The Labute approximate surface area is 127 Å². The summed E-state index contributed by atoms with van der Waals surface area (Å²) in [5.41, 5.74) is 2.09. The van der Waals surface area contributed by atoms with E-state index in [1.807, 2.05) is 13.8 Å². The van der Waals surface area contributed by atoms with E-state index in [-0.39, 0.29) is 11.3 Å². The third kappa shape index (κ3) is 3.33. The van der Waals surface area contributed by atoms with E-state index in [1.165, 1.54) is 17.5 Å². The first kappa shape index (κ1) is 14.9. The van der Waals surface area contributed by atoms with E-state index in [2.05, 4.69) is 43.4 Å². The average Bonchev–Trinajstić information content (AvgIpc) is 2.47. The largest absolute Gasteiger partial charge is 0.351 e. The maximum atomic E-state index is 11.7. The number of hydrogen-bond donors (Lipinski definition) is 1. The summed E-state index contributed by atoms with van der Waals surface area (Å²) < 4.78 is 0. The van der Waals surface area contributed by atoms with Crippen LogP contribution in [-0.2, 0) is 4.79 Å². The molecule has 2 aliphatic rings. The maximum Gasteiger partial charge on any atom is 0.230 e. The molecule has 1 N–H and O–H groups in total. The van der Waals surface area contributed by atoms with Gasteiger partial charge in [0.1, 0.15) is 6.33 Å². The fourth-order valence-corrected chi connectivity index (χ4v) is 2.72. The lowest BCUT2D eigenvalue weighted by Gasteiger charge is -2.36. The van der Waals surface area contributed by atoms with Crippen molar-refractivity contribution in [2.24, 2.45) is 5.41 Å². The minimum absolute atomic E-state index is 0.127. The molecule has 0 saturated carbocycles. The van der Waals surface area contributed by atoms with Gasteiger partial charge >= 0.3 is 0 Å². The molecule has 0 spiro atoms. The second-order valence-electron chi connectivity index (χ2n) is 5.27. The number of allylic oxidation sites excluding steroid dienone is 2. The summed E-state index contributed by atoms with van der Waals surface area (Å²) in [6.07, 6.45) is 10.3. The van der Waals surface area contributed by atoms with E-state index in [0.29, 0.717) is 11.4 Å². The molecule has 1 aliphatic heterocycles. The van der Waals surface area contributed by atoms with Crippen LogP contribution in [-0.4, -0.2) is 27.2 Å². The highest BCUT2D eigenvalue weighted by molar-refractivity contribution is 9.09. The Bertz CT molecular complexity index is 511. The van der Waals surface area contributed by atoms with Crippen LogP contribution in [0, 0.1) is 5.41 Å². The highest BCUT2D eigenvalue weighted by atomic mass is 79.9. The molecule has 1 aliphatic carbocycles. The van der Waals surface area contributed by atoms with Gasteiger partial charge in [-0.1, -0.05) is 28.1 Å². The zero-order valence-corrected chi connectivity index (χ0v) is 13.2. The fraction of sp³-hybridized carbons (Fsp3) is 0.400. The molecule has 0 bridgehead atoms. The van der Waals surface area contributed by atoms with Crippen molar-refractivity contribution in [1.29, 1.82) is 0 Å². The molecule has 20 heavy (non-hydrogen) atoms. The van der Waals surface area contributed by atoms with Gasteiger partial charge in [-0.25, -0.2) is 9.97 Å². The lowest BCUT2D eigenvalue weighted by atomic mass is 9.74. The summed E-state index contributed by atoms with van der Waals surface area (Å²) in [5, 5.41) is 2.92. The molecule has 1 aromatic rings. The van der Waals surface area contributed by atoms with Gasteiger partial charge in [-0.15, -0.1) is 0 Å². The monoisotopic (exact) mass is 335 g/mol. The number of amides is 1. The van der Waals surface area contributed by atoms with Crippen molar-refractivity contribution in [2.45, 2.75) is 25.1 Å². The van der Waals surface area contributed by atoms with Gasteiger partial charge in [0.15, 0.2) is 0 Å². The van der Waals surface area contributed by atoms with Crippen molar-refractivity contribution in [3.8, 4) is 0 Å². The molecule has 1 aromatic heterocycles. The Morgan fingerprint density at radius 3 is 2.60 bits per heavy atom. The topological polar surface area (TPSA) is 54.9 Å². The summed E-state index contributed by atoms with van der Waals surface area (Å²) >= 11 is 3.57. The van der Waals surface area contributed by atoms with Gasteiger partial charge in [0.05, 0.1) is 5.41 Å². The van der Waals surface area contributed by atoms with E-state index in [1.54, 1.807) is 18.5 Å². The van der Waals surface area contributed by atoms with Gasteiger partial charge in [-0.05, 0) is 37.5 Å². The van der Waals surface area contributed by atoms with E-state index in [4.69, 9.17) is 0 Å². The summed E-state index contributed by atoms with van der Waals surface area (Å²) in [6.45, 7) is 4.65. The molecule has 1 amide bonds. The third-order valence-electron chi connectivity index (χ3n) is 3.44. The van der Waals surface area contributed by atoms with E-state index in [9.17, 15) is 4.79 Å². The Hall–Kier alpha value is -1.49. The molecular weight excluding hydrogens is 318 g/mol. The lowest BCUT2D eigenvalue weighted by Crippen LogP contribution is -2.45. The van der Waals surface area contributed by atoms with E-state index >= 15 is 0 Å². The van der Waals surface area contributed by atoms with Crippen molar-refractivity contribution in [3.63, 3.8) is 0 Å². The second-order valence-corrected chi connectivity index (χ2v) is 6.45. The quantitative estimate of drug-likeness (QED) is 0.741. The van der Waals surface area contributed by atoms with Crippen LogP contribution in [0.4, 0.5) is 0 Å². The van der Waals surface area contributed by atoms with Crippen LogP contribution >= 0.6 is 15.9 Å². The number of nitrogens with zero attached hydrogens (tertiary/aromatic N) is 2. The van der Waals surface area contributed by atoms with Crippen LogP contribution in [0.15, 0.2) is 48.1 Å². The van der Waals surface area contributed by atoms with E-state index in [0.717, 1.165) is 6.42 Å². The van der Waals surface area contributed by atoms with Gasteiger partial charge in [0.2, 0.25) is 5.91 Å². The Kier molecular flexibility index (Phi) is 4.70. The number of nitrogens with one attached hydrogen (secondary N) is 1. The Morgan fingerprint density at radius 1 is 1.35 bits per heavy atom. The number of piperidine rings is 1. The summed E-state index contributed by atoms with van der Waals surface area (Å²) in [7, 11) is 0. The van der Waals surface area contributed by atoms with Gasteiger partial charge in [-0.3, -0.25) is 4.79 Å². The van der Waals surface area contributed by atoms with E-state index < -0.39 is 0 Å². The molecule has 5 heteroatoms. The van der Waals surface area contributed by atoms with Crippen molar-refractivity contribution in [3.05, 3.63) is 48.1 Å². The molecule has 0 aromatic carbocycles. The molecule has 4 nitrogen and oxygen atoms in total.